The minimum Gasteiger partial charge on any atom is -0.481 e. The van der Waals surface area contributed by atoms with Gasteiger partial charge in [0.1, 0.15) is 8.85 Å². The largest absolute Gasteiger partial charge is 0.481 e. The van der Waals surface area contributed by atoms with Crippen molar-refractivity contribution in [1.82, 2.24) is 4.98 Å². The number of pyridine rings is 1. The molecular formula is C8H5ClF2INO2. The first kappa shape index (κ1) is 12.6. The van der Waals surface area contributed by atoms with Crippen molar-refractivity contribution in [1.29, 1.82) is 0 Å². The summed E-state index contributed by atoms with van der Waals surface area (Å²) >= 11 is 7.19. The fourth-order valence-electron chi connectivity index (χ4n) is 1.05. The molecule has 0 aliphatic carbocycles. The van der Waals surface area contributed by atoms with Crippen molar-refractivity contribution >= 4 is 40.2 Å². The molecule has 1 rings (SSSR count). The van der Waals surface area contributed by atoms with Crippen LogP contribution in [0.1, 0.15) is 17.6 Å². The molecule has 0 aromatic carbocycles. The molecule has 0 fully saturated rings. The molecule has 1 heterocycles. The third kappa shape index (κ3) is 3.23. The number of alkyl halides is 2. The Kier molecular flexibility index (Phi) is 4.21. The van der Waals surface area contributed by atoms with Crippen molar-refractivity contribution in [3.8, 4) is 0 Å². The molecule has 1 N–H and O–H groups in total. The van der Waals surface area contributed by atoms with E-state index in [9.17, 15) is 13.6 Å². The molecule has 0 aliphatic rings. The van der Waals surface area contributed by atoms with Gasteiger partial charge in [0.15, 0.2) is 0 Å². The quantitative estimate of drug-likeness (QED) is 0.676. The highest BCUT2D eigenvalue weighted by atomic mass is 127. The molecule has 0 saturated carbocycles. The molecule has 15 heavy (non-hydrogen) atoms. The maximum Gasteiger partial charge on any atom is 0.307 e. The summed E-state index contributed by atoms with van der Waals surface area (Å²) in [6, 6.07) is 0.993. The number of carboxylic acids is 1. The Hall–Kier alpha value is -0.500. The van der Waals surface area contributed by atoms with Gasteiger partial charge in [0.2, 0.25) is 0 Å². The Morgan fingerprint density at radius 2 is 2.27 bits per heavy atom. The van der Waals surface area contributed by atoms with Crippen molar-refractivity contribution in [2.24, 2.45) is 0 Å². The number of nitrogens with zero attached hydrogens (tertiary/aromatic N) is 1. The fraction of sp³-hybridized carbons (Fsp3) is 0.250. The van der Waals surface area contributed by atoms with Crippen LogP contribution in [-0.2, 0) is 11.2 Å². The summed E-state index contributed by atoms with van der Waals surface area (Å²) in [5.74, 6) is -1.18. The minimum atomic E-state index is -2.76. The lowest BCUT2D eigenvalue weighted by molar-refractivity contribution is -0.136. The fourth-order valence-corrected chi connectivity index (χ4v) is 2.16. The Balaban J connectivity index is 3.26. The van der Waals surface area contributed by atoms with Crippen LogP contribution < -0.4 is 0 Å². The molecule has 0 unspecified atom stereocenters. The SMILES string of the molecule is O=C(O)Cc1c(C(F)F)cc(Cl)nc1I. The van der Waals surface area contributed by atoms with Crippen LogP contribution >= 0.6 is 34.2 Å². The highest BCUT2D eigenvalue weighted by Gasteiger charge is 2.19. The van der Waals surface area contributed by atoms with E-state index in [0.29, 0.717) is 0 Å². The summed E-state index contributed by atoms with van der Waals surface area (Å²) in [5, 5.41) is 8.49. The van der Waals surface area contributed by atoms with Gasteiger partial charge in [0.05, 0.1) is 6.42 Å². The number of carbonyl (C=O) groups is 1. The van der Waals surface area contributed by atoms with Gasteiger partial charge in [-0.05, 0) is 28.7 Å². The summed E-state index contributed by atoms with van der Waals surface area (Å²) in [6.07, 6.45) is -3.24. The zero-order valence-electron chi connectivity index (χ0n) is 7.18. The third-order valence-electron chi connectivity index (χ3n) is 1.64. The van der Waals surface area contributed by atoms with E-state index in [1.165, 1.54) is 0 Å². The summed E-state index contributed by atoms with van der Waals surface area (Å²) in [5.41, 5.74) is -0.357. The lowest BCUT2D eigenvalue weighted by Gasteiger charge is -2.08. The number of hydrogen-bond donors (Lipinski definition) is 1. The first-order valence-electron chi connectivity index (χ1n) is 3.76. The molecular weight excluding hydrogens is 342 g/mol. The van der Waals surface area contributed by atoms with Gasteiger partial charge in [-0.1, -0.05) is 11.6 Å². The van der Waals surface area contributed by atoms with Crippen molar-refractivity contribution in [3.05, 3.63) is 26.0 Å². The third-order valence-corrected chi connectivity index (χ3v) is 2.73. The molecule has 3 nitrogen and oxygen atoms in total. The summed E-state index contributed by atoms with van der Waals surface area (Å²) in [7, 11) is 0. The van der Waals surface area contributed by atoms with E-state index in [0.717, 1.165) is 6.07 Å². The lowest BCUT2D eigenvalue weighted by Crippen LogP contribution is -2.08. The van der Waals surface area contributed by atoms with Gasteiger partial charge >= 0.3 is 5.97 Å². The van der Waals surface area contributed by atoms with Gasteiger partial charge in [-0.2, -0.15) is 0 Å². The Morgan fingerprint density at radius 1 is 1.67 bits per heavy atom. The first-order chi connectivity index (χ1) is 6.91. The molecule has 0 saturated heterocycles. The number of aliphatic carboxylic acids is 1. The zero-order valence-corrected chi connectivity index (χ0v) is 10.1. The predicted octanol–water partition coefficient (Wildman–Crippen LogP) is 2.90. The van der Waals surface area contributed by atoms with Crippen molar-refractivity contribution in [3.63, 3.8) is 0 Å². The van der Waals surface area contributed by atoms with E-state index in [2.05, 4.69) is 4.98 Å². The second kappa shape index (κ2) is 5.02. The van der Waals surface area contributed by atoms with Crippen LogP contribution in [0.25, 0.3) is 0 Å². The average Bonchev–Trinajstić information content (AvgIpc) is 2.08. The van der Waals surface area contributed by atoms with Gasteiger partial charge in [-0.25, -0.2) is 13.8 Å². The second-order valence-electron chi connectivity index (χ2n) is 2.67. The summed E-state index contributed by atoms with van der Waals surface area (Å²) in [6.45, 7) is 0. The van der Waals surface area contributed by atoms with Crippen LogP contribution in [0.4, 0.5) is 8.78 Å². The summed E-state index contributed by atoms with van der Waals surface area (Å²) in [4.78, 5) is 14.2. The predicted molar refractivity (Wildman–Crippen MR) is 58.3 cm³/mol. The van der Waals surface area contributed by atoms with Crippen molar-refractivity contribution < 1.29 is 18.7 Å². The Morgan fingerprint density at radius 3 is 2.73 bits per heavy atom. The number of hydrogen-bond acceptors (Lipinski definition) is 2. The van der Waals surface area contributed by atoms with Gasteiger partial charge in [0.25, 0.3) is 6.43 Å². The molecule has 0 aliphatic heterocycles. The monoisotopic (exact) mass is 347 g/mol. The normalized spacial score (nSPS) is 10.7. The van der Waals surface area contributed by atoms with Crippen LogP contribution in [0.5, 0.6) is 0 Å². The van der Waals surface area contributed by atoms with E-state index in [4.69, 9.17) is 16.7 Å². The van der Waals surface area contributed by atoms with Gasteiger partial charge < -0.3 is 5.11 Å². The van der Waals surface area contributed by atoms with E-state index in [1.54, 1.807) is 22.6 Å². The molecule has 0 bridgehead atoms. The lowest BCUT2D eigenvalue weighted by atomic mass is 10.1. The zero-order chi connectivity index (χ0) is 11.6. The van der Waals surface area contributed by atoms with Gasteiger partial charge in [0, 0.05) is 11.1 Å². The van der Waals surface area contributed by atoms with Crippen LogP contribution in [-0.4, -0.2) is 16.1 Å². The maximum atomic E-state index is 12.6. The van der Waals surface area contributed by atoms with Crippen molar-refractivity contribution in [2.45, 2.75) is 12.8 Å². The summed E-state index contributed by atoms with van der Waals surface area (Å²) < 4.78 is 25.3. The van der Waals surface area contributed by atoms with Crippen LogP contribution in [0.2, 0.25) is 5.15 Å². The molecule has 1 aromatic rings. The number of halogens is 4. The minimum absolute atomic E-state index is 0.0162. The van der Waals surface area contributed by atoms with Crippen LogP contribution in [0, 0.1) is 3.70 Å². The smallest absolute Gasteiger partial charge is 0.307 e. The van der Waals surface area contributed by atoms with Crippen LogP contribution in [0.3, 0.4) is 0 Å². The topological polar surface area (TPSA) is 50.2 Å². The van der Waals surface area contributed by atoms with Gasteiger partial charge in [-0.3, -0.25) is 4.79 Å². The highest BCUT2D eigenvalue weighted by Crippen LogP contribution is 2.28. The molecule has 0 amide bonds. The molecule has 0 radical (unpaired) electrons. The molecule has 0 spiro atoms. The van der Waals surface area contributed by atoms with E-state index in [-0.39, 0.29) is 20.0 Å². The van der Waals surface area contributed by atoms with E-state index >= 15 is 0 Å². The Labute approximate surface area is 103 Å². The second-order valence-corrected chi connectivity index (χ2v) is 4.08. The van der Waals surface area contributed by atoms with Crippen molar-refractivity contribution in [2.75, 3.05) is 0 Å². The number of carboxylic acid groups (broad SMARTS) is 1. The Bertz CT molecular complexity index is 400. The first-order valence-corrected chi connectivity index (χ1v) is 5.22. The molecule has 0 atom stereocenters. The maximum absolute atomic E-state index is 12.6. The highest BCUT2D eigenvalue weighted by molar-refractivity contribution is 14.1. The van der Waals surface area contributed by atoms with Gasteiger partial charge in [-0.15, -0.1) is 0 Å². The van der Waals surface area contributed by atoms with Crippen LogP contribution in [0.15, 0.2) is 6.07 Å². The average molecular weight is 347 g/mol. The van der Waals surface area contributed by atoms with E-state index < -0.39 is 18.8 Å². The van der Waals surface area contributed by atoms with E-state index in [1.807, 2.05) is 0 Å². The standard InChI is InChI=1S/C8H5ClF2INO2/c9-5-1-3(7(10)11)4(2-6(14)15)8(12)13-5/h1,7H,2H2,(H,14,15). The number of rotatable bonds is 3. The molecule has 7 heteroatoms. The molecule has 82 valence electrons. The molecule has 1 aromatic heterocycles. The number of aromatic nitrogens is 1.